The molecule has 0 saturated heterocycles. The van der Waals surface area contributed by atoms with E-state index in [0.29, 0.717) is 6.04 Å². The lowest BCUT2D eigenvalue weighted by Gasteiger charge is -2.28. The fourth-order valence-electron chi connectivity index (χ4n) is 2.52. The highest BCUT2D eigenvalue weighted by Crippen LogP contribution is 2.26. The molecule has 1 aromatic rings. The molecule has 17 heavy (non-hydrogen) atoms. The Morgan fingerprint density at radius 3 is 3.06 bits per heavy atom. The molecule has 0 spiro atoms. The average molecular weight is 250 g/mol. The monoisotopic (exact) mass is 250 g/mol. The van der Waals surface area contributed by atoms with Crippen molar-refractivity contribution in [1.82, 2.24) is 10.3 Å². The Morgan fingerprint density at radius 2 is 2.29 bits per heavy atom. The summed E-state index contributed by atoms with van der Waals surface area (Å²) in [5.41, 5.74) is 2.55. The van der Waals surface area contributed by atoms with Crippen LogP contribution in [-0.4, -0.2) is 22.5 Å². The molecule has 0 bridgehead atoms. The van der Waals surface area contributed by atoms with Crippen LogP contribution in [0.25, 0.3) is 0 Å². The molecule has 1 aliphatic carbocycles. The van der Waals surface area contributed by atoms with Gasteiger partial charge in [-0.25, -0.2) is 0 Å². The molecule has 0 aromatic carbocycles. The maximum Gasteiger partial charge on any atom is 0.0313 e. The molecule has 3 heteroatoms. The summed E-state index contributed by atoms with van der Waals surface area (Å²) >= 11 is 2.02. The SMILES string of the molecule is CSC1CCCC(NCc2cncc(C)c2)C1. The van der Waals surface area contributed by atoms with Crippen molar-refractivity contribution >= 4 is 11.8 Å². The number of nitrogens with zero attached hydrogens (tertiary/aromatic N) is 1. The van der Waals surface area contributed by atoms with Crippen molar-refractivity contribution in [2.24, 2.45) is 0 Å². The van der Waals surface area contributed by atoms with Crippen LogP contribution in [0.1, 0.15) is 36.8 Å². The minimum absolute atomic E-state index is 0.696. The number of thioether (sulfide) groups is 1. The summed E-state index contributed by atoms with van der Waals surface area (Å²) in [5, 5.41) is 4.53. The summed E-state index contributed by atoms with van der Waals surface area (Å²) < 4.78 is 0. The molecule has 1 aromatic heterocycles. The van der Waals surface area contributed by atoms with Crippen LogP contribution in [0.4, 0.5) is 0 Å². The Morgan fingerprint density at radius 1 is 1.41 bits per heavy atom. The number of aromatic nitrogens is 1. The van der Waals surface area contributed by atoms with Crippen LogP contribution in [0.15, 0.2) is 18.5 Å². The Kier molecular flexibility index (Phi) is 4.86. The van der Waals surface area contributed by atoms with Gasteiger partial charge in [-0.05, 0) is 43.6 Å². The van der Waals surface area contributed by atoms with Crippen LogP contribution in [0.2, 0.25) is 0 Å². The number of pyridine rings is 1. The molecule has 2 atom stereocenters. The van der Waals surface area contributed by atoms with Gasteiger partial charge in [-0.15, -0.1) is 0 Å². The number of rotatable bonds is 4. The molecule has 1 saturated carbocycles. The van der Waals surface area contributed by atoms with Gasteiger partial charge in [-0.3, -0.25) is 4.98 Å². The van der Waals surface area contributed by atoms with Crippen molar-refractivity contribution in [1.29, 1.82) is 0 Å². The third-order valence-corrected chi connectivity index (χ3v) is 4.58. The Balaban J connectivity index is 1.81. The minimum Gasteiger partial charge on any atom is -0.310 e. The molecule has 0 amide bonds. The van der Waals surface area contributed by atoms with Crippen LogP contribution in [-0.2, 0) is 6.54 Å². The summed E-state index contributed by atoms with van der Waals surface area (Å²) in [6.07, 6.45) is 11.5. The number of hydrogen-bond donors (Lipinski definition) is 1. The molecule has 1 N–H and O–H groups in total. The zero-order chi connectivity index (χ0) is 12.1. The van der Waals surface area contributed by atoms with E-state index in [0.717, 1.165) is 11.8 Å². The van der Waals surface area contributed by atoms with E-state index in [-0.39, 0.29) is 0 Å². The predicted molar refractivity (Wildman–Crippen MR) is 75.4 cm³/mol. The second kappa shape index (κ2) is 6.41. The topological polar surface area (TPSA) is 24.9 Å². The number of hydrogen-bond acceptors (Lipinski definition) is 3. The van der Waals surface area contributed by atoms with E-state index in [1.165, 1.54) is 36.8 Å². The maximum atomic E-state index is 4.23. The average Bonchev–Trinajstić information content (AvgIpc) is 2.37. The van der Waals surface area contributed by atoms with E-state index in [4.69, 9.17) is 0 Å². The summed E-state index contributed by atoms with van der Waals surface area (Å²) in [5.74, 6) is 0. The van der Waals surface area contributed by atoms with E-state index in [1.54, 1.807) is 0 Å². The molecule has 2 unspecified atom stereocenters. The van der Waals surface area contributed by atoms with Crippen LogP contribution < -0.4 is 5.32 Å². The molecule has 2 nitrogen and oxygen atoms in total. The zero-order valence-corrected chi connectivity index (χ0v) is 11.6. The number of aryl methyl sites for hydroxylation is 1. The fourth-order valence-corrected chi connectivity index (χ4v) is 3.35. The second-order valence-electron chi connectivity index (χ2n) is 4.97. The first-order chi connectivity index (χ1) is 8.28. The largest absolute Gasteiger partial charge is 0.310 e. The van der Waals surface area contributed by atoms with Gasteiger partial charge in [-0.2, -0.15) is 11.8 Å². The fraction of sp³-hybridized carbons (Fsp3) is 0.643. The molecule has 1 aliphatic rings. The Labute approximate surface area is 109 Å². The molecule has 0 aliphatic heterocycles. The highest BCUT2D eigenvalue weighted by atomic mass is 32.2. The molecule has 1 heterocycles. The standard InChI is InChI=1S/C14H22N2S/c1-11-6-12(9-15-8-11)10-16-13-4-3-5-14(7-13)17-2/h6,8-9,13-14,16H,3-5,7,10H2,1-2H3. The van der Waals surface area contributed by atoms with Gasteiger partial charge in [-0.1, -0.05) is 12.5 Å². The van der Waals surface area contributed by atoms with Gasteiger partial charge in [0.1, 0.15) is 0 Å². The van der Waals surface area contributed by atoms with E-state index in [1.807, 2.05) is 24.2 Å². The van der Waals surface area contributed by atoms with E-state index in [9.17, 15) is 0 Å². The van der Waals surface area contributed by atoms with Crippen LogP contribution >= 0.6 is 11.8 Å². The zero-order valence-electron chi connectivity index (χ0n) is 10.8. The molecule has 2 rings (SSSR count). The van der Waals surface area contributed by atoms with Gasteiger partial charge in [0.25, 0.3) is 0 Å². The lowest BCUT2D eigenvalue weighted by Crippen LogP contribution is -2.34. The summed E-state index contributed by atoms with van der Waals surface area (Å²) in [6, 6.07) is 2.91. The van der Waals surface area contributed by atoms with Crippen molar-refractivity contribution in [3.05, 3.63) is 29.6 Å². The van der Waals surface area contributed by atoms with Crippen molar-refractivity contribution in [3.63, 3.8) is 0 Å². The van der Waals surface area contributed by atoms with Gasteiger partial charge in [0.15, 0.2) is 0 Å². The first-order valence-electron chi connectivity index (χ1n) is 6.44. The third kappa shape index (κ3) is 4.00. The Bertz CT molecular complexity index is 354. The highest BCUT2D eigenvalue weighted by Gasteiger charge is 2.20. The maximum absolute atomic E-state index is 4.23. The highest BCUT2D eigenvalue weighted by molar-refractivity contribution is 7.99. The van der Waals surface area contributed by atoms with Gasteiger partial charge in [0.05, 0.1) is 0 Å². The van der Waals surface area contributed by atoms with Gasteiger partial charge >= 0.3 is 0 Å². The lowest BCUT2D eigenvalue weighted by atomic mass is 9.95. The predicted octanol–water partition coefficient (Wildman–Crippen LogP) is 3.15. The summed E-state index contributed by atoms with van der Waals surface area (Å²) in [6.45, 7) is 3.06. The van der Waals surface area contributed by atoms with Crippen molar-refractivity contribution in [3.8, 4) is 0 Å². The van der Waals surface area contributed by atoms with Crippen molar-refractivity contribution in [2.75, 3.05) is 6.26 Å². The minimum atomic E-state index is 0.696. The normalized spacial score (nSPS) is 24.8. The van der Waals surface area contributed by atoms with Gasteiger partial charge < -0.3 is 5.32 Å². The molecular weight excluding hydrogens is 228 g/mol. The molecule has 94 valence electrons. The molecule has 0 radical (unpaired) electrons. The van der Waals surface area contributed by atoms with E-state index < -0.39 is 0 Å². The van der Waals surface area contributed by atoms with E-state index in [2.05, 4.69) is 29.5 Å². The summed E-state index contributed by atoms with van der Waals surface area (Å²) in [4.78, 5) is 4.23. The number of nitrogens with one attached hydrogen (secondary N) is 1. The van der Waals surface area contributed by atoms with Gasteiger partial charge in [0.2, 0.25) is 0 Å². The van der Waals surface area contributed by atoms with Crippen molar-refractivity contribution < 1.29 is 0 Å². The van der Waals surface area contributed by atoms with Crippen LogP contribution in [0.3, 0.4) is 0 Å². The Hall–Kier alpha value is -0.540. The molecular formula is C14H22N2S. The second-order valence-corrected chi connectivity index (χ2v) is 6.11. The van der Waals surface area contributed by atoms with Crippen LogP contribution in [0.5, 0.6) is 0 Å². The molecule has 1 fully saturated rings. The third-order valence-electron chi connectivity index (χ3n) is 3.49. The van der Waals surface area contributed by atoms with Gasteiger partial charge in [0, 0.05) is 30.2 Å². The quantitative estimate of drug-likeness (QED) is 0.888. The lowest BCUT2D eigenvalue weighted by molar-refractivity contribution is 0.379. The first kappa shape index (κ1) is 12.9. The van der Waals surface area contributed by atoms with E-state index >= 15 is 0 Å². The van der Waals surface area contributed by atoms with Crippen molar-refractivity contribution in [2.45, 2.75) is 50.4 Å². The summed E-state index contributed by atoms with van der Waals surface area (Å²) in [7, 11) is 0. The van der Waals surface area contributed by atoms with Crippen LogP contribution in [0, 0.1) is 6.92 Å². The first-order valence-corrected chi connectivity index (χ1v) is 7.73. The smallest absolute Gasteiger partial charge is 0.0313 e.